The van der Waals surface area contributed by atoms with Gasteiger partial charge in [0, 0.05) is 44.4 Å². The third-order valence-electron chi connectivity index (χ3n) is 3.62. The minimum Gasteiger partial charge on any atom is -0.314 e. The summed E-state index contributed by atoms with van der Waals surface area (Å²) in [6, 6.07) is 7.33. The second-order valence-corrected chi connectivity index (χ2v) is 5.32. The van der Waals surface area contributed by atoms with Crippen molar-refractivity contribution in [1.82, 2.24) is 10.2 Å². The zero-order valence-corrected chi connectivity index (χ0v) is 11.5. The van der Waals surface area contributed by atoms with Crippen molar-refractivity contribution in [2.75, 3.05) is 26.2 Å². The van der Waals surface area contributed by atoms with Crippen LogP contribution in [-0.2, 0) is 0 Å². The van der Waals surface area contributed by atoms with E-state index in [1.165, 1.54) is 5.56 Å². The summed E-state index contributed by atoms with van der Waals surface area (Å²) in [5, 5.41) is 14.1. The first-order valence-corrected chi connectivity index (χ1v) is 6.78. The van der Waals surface area contributed by atoms with E-state index < -0.39 is 0 Å². The Hall–Kier alpha value is -1.46. The molecule has 1 aliphatic rings. The molecule has 0 saturated carbocycles. The van der Waals surface area contributed by atoms with Crippen molar-refractivity contribution >= 4 is 5.69 Å². The molecule has 0 amide bonds. The summed E-state index contributed by atoms with van der Waals surface area (Å²) in [7, 11) is 0. The Labute approximate surface area is 113 Å². The highest BCUT2D eigenvalue weighted by molar-refractivity contribution is 5.34. The van der Waals surface area contributed by atoms with E-state index in [1.54, 1.807) is 12.1 Å². The van der Waals surface area contributed by atoms with Gasteiger partial charge in [-0.2, -0.15) is 0 Å². The molecule has 1 aliphatic heterocycles. The summed E-state index contributed by atoms with van der Waals surface area (Å²) in [5.41, 5.74) is 1.33. The predicted octanol–water partition coefficient (Wildman–Crippen LogP) is 2.20. The van der Waals surface area contributed by atoms with Crippen molar-refractivity contribution in [3.63, 3.8) is 0 Å². The number of nitrogens with one attached hydrogen (secondary N) is 1. The monoisotopic (exact) mass is 263 g/mol. The summed E-state index contributed by atoms with van der Waals surface area (Å²) >= 11 is 0. The van der Waals surface area contributed by atoms with Gasteiger partial charge in [0.1, 0.15) is 0 Å². The molecule has 1 N–H and O–H groups in total. The third kappa shape index (κ3) is 3.30. The van der Waals surface area contributed by atoms with Gasteiger partial charge in [-0.1, -0.05) is 26.0 Å². The molecule has 0 radical (unpaired) electrons. The number of non-ortho nitro benzene ring substituents is 1. The normalized spacial score (nSPS) is 18.5. The Morgan fingerprint density at radius 1 is 1.21 bits per heavy atom. The third-order valence-corrected chi connectivity index (χ3v) is 3.62. The van der Waals surface area contributed by atoms with Crippen LogP contribution in [0.15, 0.2) is 24.3 Å². The molecule has 0 aliphatic carbocycles. The van der Waals surface area contributed by atoms with Crippen LogP contribution >= 0.6 is 0 Å². The first-order valence-electron chi connectivity index (χ1n) is 6.78. The molecule has 104 valence electrons. The number of piperazine rings is 1. The van der Waals surface area contributed by atoms with Gasteiger partial charge in [-0.05, 0) is 11.5 Å². The van der Waals surface area contributed by atoms with Crippen molar-refractivity contribution in [3.8, 4) is 0 Å². The smallest absolute Gasteiger partial charge is 0.269 e. The van der Waals surface area contributed by atoms with Crippen LogP contribution in [0.1, 0.15) is 25.5 Å². The fourth-order valence-corrected chi connectivity index (χ4v) is 2.77. The zero-order valence-electron chi connectivity index (χ0n) is 11.5. The summed E-state index contributed by atoms with van der Waals surface area (Å²) in [6.45, 7) is 8.48. The Bertz CT molecular complexity index is 425. The topological polar surface area (TPSA) is 58.4 Å². The Balaban J connectivity index is 2.20. The largest absolute Gasteiger partial charge is 0.314 e. The molecule has 1 saturated heterocycles. The number of rotatable bonds is 4. The van der Waals surface area contributed by atoms with Crippen molar-refractivity contribution in [3.05, 3.63) is 39.9 Å². The lowest BCUT2D eigenvalue weighted by Crippen LogP contribution is -2.46. The van der Waals surface area contributed by atoms with Gasteiger partial charge in [-0.3, -0.25) is 15.0 Å². The maximum Gasteiger partial charge on any atom is 0.269 e. The molecule has 1 unspecified atom stereocenters. The quantitative estimate of drug-likeness (QED) is 0.668. The van der Waals surface area contributed by atoms with E-state index in [4.69, 9.17) is 0 Å². The summed E-state index contributed by atoms with van der Waals surface area (Å²) in [6.07, 6.45) is 0. The Kier molecular flexibility index (Phi) is 4.50. The zero-order chi connectivity index (χ0) is 13.8. The fourth-order valence-electron chi connectivity index (χ4n) is 2.77. The Morgan fingerprint density at radius 3 is 2.26 bits per heavy atom. The first kappa shape index (κ1) is 14.0. The first-order chi connectivity index (χ1) is 9.09. The van der Waals surface area contributed by atoms with Gasteiger partial charge in [0.25, 0.3) is 5.69 Å². The summed E-state index contributed by atoms with van der Waals surface area (Å²) in [5.74, 6) is 0.486. The number of hydrogen-bond acceptors (Lipinski definition) is 4. The van der Waals surface area contributed by atoms with E-state index in [0.717, 1.165) is 26.2 Å². The summed E-state index contributed by atoms with van der Waals surface area (Å²) in [4.78, 5) is 12.8. The molecular formula is C14H21N3O2. The second kappa shape index (κ2) is 6.12. The minimum atomic E-state index is -0.348. The van der Waals surface area contributed by atoms with Gasteiger partial charge in [-0.25, -0.2) is 0 Å². The molecule has 5 heteroatoms. The van der Waals surface area contributed by atoms with Gasteiger partial charge in [-0.15, -0.1) is 0 Å². The molecule has 2 rings (SSSR count). The maximum atomic E-state index is 10.7. The molecule has 1 aromatic carbocycles. The lowest BCUT2D eigenvalue weighted by molar-refractivity contribution is -0.384. The van der Waals surface area contributed by atoms with Gasteiger partial charge in [0.05, 0.1) is 4.92 Å². The average Bonchev–Trinajstić information content (AvgIpc) is 2.40. The SMILES string of the molecule is CC(C)C(c1ccc([N+](=O)[O-])cc1)N1CCNCC1. The van der Waals surface area contributed by atoms with E-state index in [0.29, 0.717) is 12.0 Å². The highest BCUT2D eigenvalue weighted by Gasteiger charge is 2.25. The van der Waals surface area contributed by atoms with Gasteiger partial charge in [0.15, 0.2) is 0 Å². The van der Waals surface area contributed by atoms with Crippen LogP contribution in [-0.4, -0.2) is 36.0 Å². The minimum absolute atomic E-state index is 0.159. The molecule has 1 atom stereocenters. The molecule has 5 nitrogen and oxygen atoms in total. The van der Waals surface area contributed by atoms with Gasteiger partial charge >= 0.3 is 0 Å². The average molecular weight is 263 g/mol. The molecule has 1 fully saturated rings. The molecule has 1 aromatic rings. The number of nitrogens with zero attached hydrogens (tertiary/aromatic N) is 2. The van der Waals surface area contributed by atoms with E-state index in [9.17, 15) is 10.1 Å². The molecule has 0 aromatic heterocycles. The fraction of sp³-hybridized carbons (Fsp3) is 0.571. The molecule has 0 bridgehead atoms. The number of nitro groups is 1. The lowest BCUT2D eigenvalue weighted by atomic mass is 9.93. The predicted molar refractivity (Wildman–Crippen MR) is 75.1 cm³/mol. The van der Waals surface area contributed by atoms with Crippen molar-refractivity contribution in [2.24, 2.45) is 5.92 Å². The highest BCUT2D eigenvalue weighted by atomic mass is 16.6. The van der Waals surface area contributed by atoms with E-state index >= 15 is 0 Å². The van der Waals surface area contributed by atoms with Crippen LogP contribution in [0.4, 0.5) is 5.69 Å². The van der Waals surface area contributed by atoms with Crippen LogP contribution in [0, 0.1) is 16.0 Å². The van der Waals surface area contributed by atoms with E-state index in [-0.39, 0.29) is 10.6 Å². The lowest BCUT2D eigenvalue weighted by Gasteiger charge is -2.37. The van der Waals surface area contributed by atoms with E-state index in [2.05, 4.69) is 24.1 Å². The van der Waals surface area contributed by atoms with Crippen LogP contribution in [0.3, 0.4) is 0 Å². The van der Waals surface area contributed by atoms with Crippen molar-refractivity contribution in [1.29, 1.82) is 0 Å². The Morgan fingerprint density at radius 2 is 1.79 bits per heavy atom. The van der Waals surface area contributed by atoms with Crippen molar-refractivity contribution < 1.29 is 4.92 Å². The highest BCUT2D eigenvalue weighted by Crippen LogP contribution is 2.29. The number of nitro benzene ring substituents is 1. The van der Waals surface area contributed by atoms with Crippen LogP contribution < -0.4 is 5.32 Å². The van der Waals surface area contributed by atoms with Crippen molar-refractivity contribution in [2.45, 2.75) is 19.9 Å². The van der Waals surface area contributed by atoms with E-state index in [1.807, 2.05) is 12.1 Å². The molecule has 19 heavy (non-hydrogen) atoms. The number of benzene rings is 1. The van der Waals surface area contributed by atoms with Crippen LogP contribution in [0.5, 0.6) is 0 Å². The summed E-state index contributed by atoms with van der Waals surface area (Å²) < 4.78 is 0. The second-order valence-electron chi connectivity index (χ2n) is 5.32. The van der Waals surface area contributed by atoms with Gasteiger partial charge < -0.3 is 5.32 Å². The number of hydrogen-bond donors (Lipinski definition) is 1. The molecular weight excluding hydrogens is 242 g/mol. The maximum absolute atomic E-state index is 10.7. The van der Waals surface area contributed by atoms with Gasteiger partial charge in [0.2, 0.25) is 0 Å². The standard InChI is InChI=1S/C14H21N3O2/c1-11(2)14(16-9-7-15-8-10-16)12-3-5-13(6-4-12)17(18)19/h3-6,11,14-15H,7-10H2,1-2H3. The molecule has 0 spiro atoms. The molecule has 1 heterocycles. The van der Waals surface area contributed by atoms with Crippen LogP contribution in [0.2, 0.25) is 0 Å². The van der Waals surface area contributed by atoms with Crippen LogP contribution in [0.25, 0.3) is 0 Å².